The van der Waals surface area contributed by atoms with Crippen LogP contribution in [0.2, 0.25) is 0 Å². The number of aromatic nitrogens is 1. The molecule has 2 heteroatoms. The van der Waals surface area contributed by atoms with Gasteiger partial charge in [0.1, 0.15) is 0 Å². The largest absolute Gasteiger partial charge is 0.328 e. The van der Waals surface area contributed by atoms with E-state index >= 15 is 0 Å². The second kappa shape index (κ2) is 3.23. The fourth-order valence-electron chi connectivity index (χ4n) is 1.90. The molecule has 0 aromatic carbocycles. The summed E-state index contributed by atoms with van der Waals surface area (Å²) < 4.78 is 0. The van der Waals surface area contributed by atoms with Crippen LogP contribution >= 0.6 is 0 Å². The first kappa shape index (κ1) is 7.74. The quantitative estimate of drug-likeness (QED) is 0.682. The van der Waals surface area contributed by atoms with Crippen molar-refractivity contribution in [2.45, 2.75) is 31.2 Å². The van der Waals surface area contributed by atoms with E-state index in [1.54, 1.807) is 0 Å². The fraction of sp³-hybridized carbons (Fsp3) is 0.500. The molecule has 1 aromatic heterocycles. The number of rotatable bonds is 1. The summed E-state index contributed by atoms with van der Waals surface area (Å²) in [6.45, 7) is 0. The summed E-state index contributed by atoms with van der Waals surface area (Å²) in [5.41, 5.74) is 7.05. The molecule has 64 valence electrons. The van der Waals surface area contributed by atoms with Crippen molar-refractivity contribution >= 4 is 0 Å². The van der Waals surface area contributed by atoms with Crippen molar-refractivity contribution in [2.75, 3.05) is 0 Å². The Labute approximate surface area is 72.8 Å². The molecule has 1 fully saturated rings. The lowest BCUT2D eigenvalue weighted by Crippen LogP contribution is -2.14. The highest BCUT2D eigenvalue weighted by molar-refractivity contribution is 5.11. The summed E-state index contributed by atoms with van der Waals surface area (Å²) in [6, 6.07) is 6.50. The predicted octanol–water partition coefficient (Wildman–Crippen LogP) is 1.68. The molecule has 2 rings (SSSR count). The molecule has 2 nitrogen and oxygen atoms in total. The Hall–Kier alpha value is -0.890. The van der Waals surface area contributed by atoms with Gasteiger partial charge in [0.2, 0.25) is 0 Å². The lowest BCUT2D eigenvalue weighted by molar-refractivity contribution is 0.662. The summed E-state index contributed by atoms with van der Waals surface area (Å²) in [5, 5.41) is 0. The number of hydrogen-bond acceptors (Lipinski definition) is 2. The minimum atomic E-state index is 0.400. The molecule has 2 N–H and O–H groups in total. The van der Waals surface area contributed by atoms with Gasteiger partial charge in [0.15, 0.2) is 0 Å². The Morgan fingerprint density at radius 2 is 2.25 bits per heavy atom. The summed E-state index contributed by atoms with van der Waals surface area (Å²) in [5.74, 6) is 0.612. The average molecular weight is 162 g/mol. The molecule has 0 spiro atoms. The Bertz CT molecular complexity index is 245. The van der Waals surface area contributed by atoms with E-state index in [-0.39, 0.29) is 0 Å². The lowest BCUT2D eigenvalue weighted by atomic mass is 10.0. The second-order valence-electron chi connectivity index (χ2n) is 3.52. The van der Waals surface area contributed by atoms with Crippen LogP contribution in [0.25, 0.3) is 0 Å². The molecule has 12 heavy (non-hydrogen) atoms. The normalized spacial score (nSPS) is 29.1. The van der Waals surface area contributed by atoms with Crippen LogP contribution in [0.4, 0.5) is 0 Å². The first-order valence-corrected chi connectivity index (χ1v) is 4.53. The van der Waals surface area contributed by atoms with Crippen molar-refractivity contribution in [3.63, 3.8) is 0 Å². The minimum absolute atomic E-state index is 0.400. The van der Waals surface area contributed by atoms with Gasteiger partial charge in [-0.1, -0.05) is 6.07 Å². The van der Waals surface area contributed by atoms with E-state index in [4.69, 9.17) is 5.73 Å². The lowest BCUT2D eigenvalue weighted by Gasteiger charge is -2.07. The smallest absolute Gasteiger partial charge is 0.0435 e. The molecule has 2 unspecified atom stereocenters. The van der Waals surface area contributed by atoms with E-state index in [0.29, 0.717) is 12.0 Å². The van der Waals surface area contributed by atoms with Gasteiger partial charge < -0.3 is 5.73 Å². The minimum Gasteiger partial charge on any atom is -0.328 e. The molecule has 0 saturated heterocycles. The van der Waals surface area contributed by atoms with E-state index in [0.717, 1.165) is 12.8 Å². The van der Waals surface area contributed by atoms with Gasteiger partial charge in [0.25, 0.3) is 0 Å². The standard InChI is InChI=1S/C10H14N2/c11-9-5-4-8(7-9)10-3-1-2-6-12-10/h1-3,6,8-9H,4-5,7,11H2. The van der Waals surface area contributed by atoms with Gasteiger partial charge in [-0.25, -0.2) is 0 Å². The summed E-state index contributed by atoms with van der Waals surface area (Å²) in [7, 11) is 0. The third-order valence-corrected chi connectivity index (χ3v) is 2.58. The number of hydrogen-bond donors (Lipinski definition) is 1. The second-order valence-corrected chi connectivity index (χ2v) is 3.52. The first-order valence-electron chi connectivity index (χ1n) is 4.53. The van der Waals surface area contributed by atoms with Crippen molar-refractivity contribution in [1.82, 2.24) is 4.98 Å². The van der Waals surface area contributed by atoms with Crippen LogP contribution in [-0.4, -0.2) is 11.0 Å². The molecule has 0 bridgehead atoms. The maximum Gasteiger partial charge on any atom is 0.0435 e. The van der Waals surface area contributed by atoms with Gasteiger partial charge in [-0.05, 0) is 31.4 Å². The predicted molar refractivity (Wildman–Crippen MR) is 48.8 cm³/mol. The van der Waals surface area contributed by atoms with Crippen LogP contribution in [0.1, 0.15) is 30.9 Å². The van der Waals surface area contributed by atoms with Gasteiger partial charge in [-0.3, -0.25) is 4.98 Å². The molecule has 0 aliphatic heterocycles. The fourth-order valence-corrected chi connectivity index (χ4v) is 1.90. The number of nitrogens with two attached hydrogens (primary N) is 1. The average Bonchev–Trinajstić information content (AvgIpc) is 2.54. The molecular formula is C10H14N2. The van der Waals surface area contributed by atoms with E-state index in [1.165, 1.54) is 12.1 Å². The Morgan fingerprint density at radius 1 is 1.33 bits per heavy atom. The van der Waals surface area contributed by atoms with Crippen LogP contribution in [-0.2, 0) is 0 Å². The Morgan fingerprint density at radius 3 is 2.83 bits per heavy atom. The highest BCUT2D eigenvalue weighted by Crippen LogP contribution is 2.31. The molecular weight excluding hydrogens is 148 g/mol. The van der Waals surface area contributed by atoms with Crippen molar-refractivity contribution in [3.05, 3.63) is 30.1 Å². The summed E-state index contributed by atoms with van der Waals surface area (Å²) in [6.07, 6.45) is 5.33. The molecule has 1 heterocycles. The molecule has 1 aliphatic rings. The van der Waals surface area contributed by atoms with Crippen molar-refractivity contribution in [2.24, 2.45) is 5.73 Å². The molecule has 1 aromatic rings. The zero-order valence-corrected chi connectivity index (χ0v) is 7.11. The maximum absolute atomic E-state index is 5.83. The number of nitrogens with zero attached hydrogens (tertiary/aromatic N) is 1. The molecule has 1 aliphatic carbocycles. The zero-order valence-electron chi connectivity index (χ0n) is 7.11. The van der Waals surface area contributed by atoms with Gasteiger partial charge in [0, 0.05) is 23.9 Å². The molecule has 2 atom stereocenters. The molecule has 0 amide bonds. The summed E-state index contributed by atoms with van der Waals surface area (Å²) in [4.78, 5) is 4.34. The molecule has 1 saturated carbocycles. The van der Waals surface area contributed by atoms with Gasteiger partial charge in [0.05, 0.1) is 0 Å². The van der Waals surface area contributed by atoms with Gasteiger partial charge >= 0.3 is 0 Å². The monoisotopic (exact) mass is 162 g/mol. The SMILES string of the molecule is NC1CCC(c2ccccn2)C1. The van der Waals surface area contributed by atoms with Crippen LogP contribution in [0.5, 0.6) is 0 Å². The maximum atomic E-state index is 5.83. The van der Waals surface area contributed by atoms with Crippen molar-refractivity contribution < 1.29 is 0 Å². The number of pyridine rings is 1. The van der Waals surface area contributed by atoms with Gasteiger partial charge in [-0.2, -0.15) is 0 Å². The van der Waals surface area contributed by atoms with Crippen molar-refractivity contribution in [1.29, 1.82) is 0 Å². The Kier molecular flexibility index (Phi) is 2.09. The zero-order chi connectivity index (χ0) is 8.39. The van der Waals surface area contributed by atoms with E-state index in [9.17, 15) is 0 Å². The highest BCUT2D eigenvalue weighted by Gasteiger charge is 2.23. The Balaban J connectivity index is 2.11. The van der Waals surface area contributed by atoms with Crippen LogP contribution in [0.15, 0.2) is 24.4 Å². The highest BCUT2D eigenvalue weighted by atomic mass is 14.7. The van der Waals surface area contributed by atoms with Crippen molar-refractivity contribution in [3.8, 4) is 0 Å². The third kappa shape index (κ3) is 1.48. The summed E-state index contributed by atoms with van der Waals surface area (Å²) >= 11 is 0. The first-order chi connectivity index (χ1) is 5.86. The topological polar surface area (TPSA) is 38.9 Å². The van der Waals surface area contributed by atoms with Crippen LogP contribution in [0.3, 0.4) is 0 Å². The van der Waals surface area contributed by atoms with Crippen LogP contribution < -0.4 is 5.73 Å². The molecule has 0 radical (unpaired) electrons. The third-order valence-electron chi connectivity index (χ3n) is 2.58. The van der Waals surface area contributed by atoms with E-state index < -0.39 is 0 Å². The van der Waals surface area contributed by atoms with Crippen LogP contribution in [0, 0.1) is 0 Å². The van der Waals surface area contributed by atoms with Gasteiger partial charge in [-0.15, -0.1) is 0 Å². The van der Waals surface area contributed by atoms with E-state index in [1.807, 2.05) is 18.3 Å². The van der Waals surface area contributed by atoms with E-state index in [2.05, 4.69) is 11.1 Å².